The average Bonchev–Trinajstić information content (AvgIpc) is 3.70. The number of aliphatic hydroxyl groups is 1. The molecule has 3 aromatic heterocycles. The van der Waals surface area contributed by atoms with E-state index < -0.39 is 11.8 Å². The highest BCUT2D eigenvalue weighted by atomic mass is 19.1. The van der Waals surface area contributed by atoms with Crippen molar-refractivity contribution in [3.05, 3.63) is 71.0 Å². The molecule has 0 aliphatic carbocycles. The van der Waals surface area contributed by atoms with Crippen LogP contribution in [0.15, 0.2) is 47.5 Å². The Hall–Kier alpha value is -4.36. The third-order valence-corrected chi connectivity index (χ3v) is 8.18. The SMILES string of the molecule is CCc1oncc1CN1CCN(c2cc3c(cc2NC(=O)c2cnn4cccnc24)CN(C[C@@H](F)C(C)(C)O)C3=O)CC1. The van der Waals surface area contributed by atoms with Crippen LogP contribution in [0.2, 0.25) is 0 Å². The second kappa shape index (κ2) is 11.4. The van der Waals surface area contributed by atoms with Crippen LogP contribution in [-0.4, -0.2) is 91.0 Å². The normalized spacial score (nSPS) is 16.6. The molecular formula is C30H35FN8O4. The summed E-state index contributed by atoms with van der Waals surface area (Å²) in [5.74, 6) is 0.211. The van der Waals surface area contributed by atoms with Crippen LogP contribution in [0, 0.1) is 0 Å². The Labute approximate surface area is 248 Å². The van der Waals surface area contributed by atoms with Crippen molar-refractivity contribution in [2.45, 2.75) is 52.1 Å². The van der Waals surface area contributed by atoms with Gasteiger partial charge in [-0.2, -0.15) is 5.10 Å². The molecule has 43 heavy (non-hydrogen) atoms. The van der Waals surface area contributed by atoms with E-state index in [1.807, 2.05) is 6.92 Å². The van der Waals surface area contributed by atoms with Gasteiger partial charge in [0.2, 0.25) is 0 Å². The fourth-order valence-electron chi connectivity index (χ4n) is 5.61. The number of benzene rings is 1. The first-order valence-corrected chi connectivity index (χ1v) is 14.4. The zero-order valence-corrected chi connectivity index (χ0v) is 24.5. The van der Waals surface area contributed by atoms with E-state index in [1.165, 1.54) is 29.5 Å². The van der Waals surface area contributed by atoms with Crippen molar-refractivity contribution in [1.29, 1.82) is 0 Å². The lowest BCUT2D eigenvalue weighted by molar-refractivity contribution is -0.0159. The maximum Gasteiger partial charge on any atom is 0.261 e. The number of aryl methyl sites for hydroxylation is 1. The number of nitrogens with one attached hydrogen (secondary N) is 1. The summed E-state index contributed by atoms with van der Waals surface area (Å²) in [5, 5.41) is 21.3. The molecule has 1 aromatic carbocycles. The largest absolute Gasteiger partial charge is 0.387 e. The number of hydrogen-bond acceptors (Lipinski definition) is 9. The summed E-state index contributed by atoms with van der Waals surface area (Å²) < 4.78 is 21.6. The van der Waals surface area contributed by atoms with E-state index in [-0.39, 0.29) is 24.9 Å². The number of amides is 2. The van der Waals surface area contributed by atoms with Gasteiger partial charge in [0.15, 0.2) is 5.65 Å². The van der Waals surface area contributed by atoms with Crippen LogP contribution in [0.1, 0.15) is 58.4 Å². The molecule has 2 aliphatic heterocycles. The van der Waals surface area contributed by atoms with Crippen LogP contribution >= 0.6 is 0 Å². The fraction of sp³-hybridized carbons (Fsp3) is 0.433. The Kier molecular flexibility index (Phi) is 7.61. The van der Waals surface area contributed by atoms with Crippen molar-refractivity contribution < 1.29 is 23.6 Å². The molecule has 0 unspecified atom stereocenters. The van der Waals surface area contributed by atoms with E-state index in [2.05, 4.69) is 30.4 Å². The van der Waals surface area contributed by atoms with Gasteiger partial charge in [-0.05, 0) is 37.6 Å². The van der Waals surface area contributed by atoms with E-state index in [9.17, 15) is 19.1 Å². The number of nitrogens with zero attached hydrogens (tertiary/aromatic N) is 7. The lowest BCUT2D eigenvalue weighted by atomic mass is 10.0. The Morgan fingerprint density at radius 3 is 2.74 bits per heavy atom. The van der Waals surface area contributed by atoms with E-state index >= 15 is 0 Å². The van der Waals surface area contributed by atoms with Crippen LogP contribution < -0.4 is 10.2 Å². The molecule has 1 atom stereocenters. The first kappa shape index (κ1) is 28.7. The van der Waals surface area contributed by atoms with Gasteiger partial charge >= 0.3 is 0 Å². The molecule has 6 rings (SSSR count). The summed E-state index contributed by atoms with van der Waals surface area (Å²) in [6, 6.07) is 5.33. The van der Waals surface area contributed by atoms with Crippen LogP contribution in [-0.2, 0) is 19.5 Å². The summed E-state index contributed by atoms with van der Waals surface area (Å²) in [7, 11) is 0. The number of aromatic nitrogens is 4. The molecule has 2 amide bonds. The molecule has 5 heterocycles. The van der Waals surface area contributed by atoms with Gasteiger partial charge in [-0.1, -0.05) is 12.1 Å². The molecule has 0 saturated carbocycles. The zero-order valence-electron chi connectivity index (χ0n) is 24.5. The number of fused-ring (bicyclic) bond motifs is 2. The number of halogens is 1. The molecule has 0 spiro atoms. The molecule has 4 aromatic rings. The summed E-state index contributed by atoms with van der Waals surface area (Å²) in [5.41, 5.74) is 2.66. The molecule has 0 radical (unpaired) electrons. The first-order chi connectivity index (χ1) is 20.6. The third kappa shape index (κ3) is 5.69. The van der Waals surface area contributed by atoms with Gasteiger partial charge in [0.25, 0.3) is 11.8 Å². The molecule has 226 valence electrons. The van der Waals surface area contributed by atoms with Crippen LogP contribution in [0.4, 0.5) is 15.8 Å². The third-order valence-electron chi connectivity index (χ3n) is 8.18. The minimum absolute atomic E-state index is 0.179. The highest BCUT2D eigenvalue weighted by Crippen LogP contribution is 2.36. The predicted octanol–water partition coefficient (Wildman–Crippen LogP) is 2.92. The van der Waals surface area contributed by atoms with Crippen molar-refractivity contribution in [1.82, 2.24) is 29.6 Å². The molecule has 2 N–H and O–H groups in total. The monoisotopic (exact) mass is 590 g/mol. The Morgan fingerprint density at radius 2 is 2.00 bits per heavy atom. The number of carbonyl (C=O) groups excluding carboxylic acids is 2. The Bertz CT molecular complexity index is 1650. The fourth-order valence-corrected chi connectivity index (χ4v) is 5.61. The smallest absolute Gasteiger partial charge is 0.261 e. The predicted molar refractivity (Wildman–Crippen MR) is 157 cm³/mol. The summed E-state index contributed by atoms with van der Waals surface area (Å²) in [4.78, 5) is 37.1. The lowest BCUT2D eigenvalue weighted by Crippen LogP contribution is -2.46. The Balaban J connectivity index is 1.27. The second-order valence-corrected chi connectivity index (χ2v) is 11.6. The Morgan fingerprint density at radius 1 is 1.21 bits per heavy atom. The number of alkyl halides is 1. The first-order valence-electron chi connectivity index (χ1n) is 14.4. The minimum Gasteiger partial charge on any atom is -0.387 e. The average molecular weight is 591 g/mol. The molecule has 13 heteroatoms. The summed E-state index contributed by atoms with van der Waals surface area (Å²) in [6.45, 7) is 8.33. The molecule has 1 fully saturated rings. The minimum atomic E-state index is -1.61. The van der Waals surface area contributed by atoms with Crippen molar-refractivity contribution in [2.75, 3.05) is 42.9 Å². The van der Waals surface area contributed by atoms with Gasteiger partial charge in [-0.3, -0.25) is 14.5 Å². The maximum atomic E-state index is 14.7. The molecule has 0 bridgehead atoms. The highest BCUT2D eigenvalue weighted by molar-refractivity contribution is 6.10. The number of rotatable bonds is 9. The molecule has 12 nitrogen and oxygen atoms in total. The maximum absolute atomic E-state index is 14.7. The number of piperazine rings is 1. The zero-order chi connectivity index (χ0) is 30.3. The number of anilines is 2. The van der Waals surface area contributed by atoms with E-state index in [4.69, 9.17) is 4.52 Å². The standard InChI is InChI=1S/C30H35FN8O4/c1-4-25-20(14-34-43-25)16-36-8-10-37(11-9-36)24-13-21-19(17-38(29(21)41)18-26(31)30(2,3)42)12-23(24)35-28(40)22-15-33-39-7-5-6-32-27(22)39/h5-7,12-15,26,42H,4,8-11,16-18H2,1-3H3,(H,35,40)/t26-/m1/s1. The number of hydrogen-bond donors (Lipinski definition) is 2. The van der Waals surface area contributed by atoms with Crippen LogP contribution in [0.25, 0.3) is 5.65 Å². The molecular weight excluding hydrogens is 555 g/mol. The van der Waals surface area contributed by atoms with E-state index in [0.29, 0.717) is 46.8 Å². The van der Waals surface area contributed by atoms with Gasteiger partial charge in [-0.15, -0.1) is 0 Å². The van der Waals surface area contributed by atoms with E-state index in [1.54, 1.807) is 36.8 Å². The molecule has 2 aliphatic rings. The van der Waals surface area contributed by atoms with Gasteiger partial charge < -0.3 is 24.7 Å². The van der Waals surface area contributed by atoms with Crippen molar-refractivity contribution in [2.24, 2.45) is 0 Å². The summed E-state index contributed by atoms with van der Waals surface area (Å²) in [6.07, 6.45) is 5.73. The summed E-state index contributed by atoms with van der Waals surface area (Å²) >= 11 is 0. The van der Waals surface area contributed by atoms with Gasteiger partial charge in [0, 0.05) is 69.2 Å². The topological polar surface area (TPSA) is 132 Å². The lowest BCUT2D eigenvalue weighted by Gasteiger charge is -2.37. The molecule has 1 saturated heterocycles. The van der Waals surface area contributed by atoms with Crippen molar-refractivity contribution >= 4 is 28.8 Å². The van der Waals surface area contributed by atoms with Gasteiger partial charge in [0.1, 0.15) is 17.5 Å². The van der Waals surface area contributed by atoms with Crippen LogP contribution in [0.5, 0.6) is 0 Å². The van der Waals surface area contributed by atoms with Gasteiger partial charge in [-0.25, -0.2) is 13.9 Å². The second-order valence-electron chi connectivity index (χ2n) is 11.6. The van der Waals surface area contributed by atoms with Gasteiger partial charge in [0.05, 0.1) is 35.9 Å². The van der Waals surface area contributed by atoms with Crippen molar-refractivity contribution in [3.8, 4) is 0 Å². The van der Waals surface area contributed by atoms with Crippen molar-refractivity contribution in [3.63, 3.8) is 0 Å². The number of carbonyl (C=O) groups is 2. The van der Waals surface area contributed by atoms with Crippen LogP contribution in [0.3, 0.4) is 0 Å². The van der Waals surface area contributed by atoms with E-state index in [0.717, 1.165) is 37.4 Å². The highest BCUT2D eigenvalue weighted by Gasteiger charge is 2.36. The quantitative estimate of drug-likeness (QED) is 0.302.